The summed E-state index contributed by atoms with van der Waals surface area (Å²) in [5.41, 5.74) is 6.32. The molecule has 1 aromatic rings. The highest BCUT2D eigenvalue weighted by molar-refractivity contribution is 5.37. The standard InChI is InChI=1S/C13H23N3O/c1-3-4-5-6-7-8-9-11-12(14)15-10(2)16-13(11)17/h3-9H2,1-2H3,(H3,14,15,16,17). The van der Waals surface area contributed by atoms with E-state index in [-0.39, 0.29) is 5.56 Å². The molecule has 96 valence electrons. The predicted molar refractivity (Wildman–Crippen MR) is 71.1 cm³/mol. The van der Waals surface area contributed by atoms with Crippen LogP contribution in [0.3, 0.4) is 0 Å². The first-order chi connectivity index (χ1) is 8.15. The van der Waals surface area contributed by atoms with Gasteiger partial charge >= 0.3 is 0 Å². The van der Waals surface area contributed by atoms with Crippen LogP contribution < -0.4 is 11.3 Å². The Morgan fingerprint density at radius 3 is 2.47 bits per heavy atom. The van der Waals surface area contributed by atoms with Crippen LogP contribution in [0, 0.1) is 6.92 Å². The van der Waals surface area contributed by atoms with E-state index in [1.807, 2.05) is 0 Å². The molecule has 0 fully saturated rings. The number of rotatable bonds is 7. The van der Waals surface area contributed by atoms with Crippen molar-refractivity contribution in [2.45, 2.75) is 58.8 Å². The van der Waals surface area contributed by atoms with Gasteiger partial charge < -0.3 is 10.7 Å². The maximum Gasteiger partial charge on any atom is 0.256 e. The summed E-state index contributed by atoms with van der Waals surface area (Å²) in [6.45, 7) is 3.95. The summed E-state index contributed by atoms with van der Waals surface area (Å²) < 4.78 is 0. The largest absolute Gasteiger partial charge is 0.383 e. The summed E-state index contributed by atoms with van der Waals surface area (Å²) in [5, 5.41) is 0. The topological polar surface area (TPSA) is 71.8 Å². The molecule has 1 rings (SSSR count). The van der Waals surface area contributed by atoms with E-state index in [4.69, 9.17) is 5.73 Å². The van der Waals surface area contributed by atoms with Crippen molar-refractivity contribution >= 4 is 5.82 Å². The van der Waals surface area contributed by atoms with Gasteiger partial charge in [0.15, 0.2) is 0 Å². The van der Waals surface area contributed by atoms with Crippen molar-refractivity contribution in [3.8, 4) is 0 Å². The second-order valence-corrected chi connectivity index (χ2v) is 4.53. The number of unbranched alkanes of at least 4 members (excludes halogenated alkanes) is 5. The molecule has 0 aliphatic rings. The molecule has 0 atom stereocenters. The highest BCUT2D eigenvalue weighted by Gasteiger charge is 2.06. The number of nitrogens with two attached hydrogens (primary N) is 1. The van der Waals surface area contributed by atoms with Crippen LogP contribution in [0.5, 0.6) is 0 Å². The number of H-pyrrole nitrogens is 1. The first kappa shape index (κ1) is 13.7. The smallest absolute Gasteiger partial charge is 0.256 e. The minimum atomic E-state index is -0.0800. The molecule has 0 saturated carbocycles. The first-order valence-corrected chi connectivity index (χ1v) is 6.50. The lowest BCUT2D eigenvalue weighted by molar-refractivity contribution is 0.606. The van der Waals surface area contributed by atoms with E-state index >= 15 is 0 Å². The Morgan fingerprint density at radius 2 is 1.82 bits per heavy atom. The summed E-state index contributed by atoms with van der Waals surface area (Å²) in [6, 6.07) is 0. The zero-order valence-corrected chi connectivity index (χ0v) is 10.9. The van der Waals surface area contributed by atoms with Crippen LogP contribution in [0.4, 0.5) is 5.82 Å². The second-order valence-electron chi connectivity index (χ2n) is 4.53. The zero-order valence-electron chi connectivity index (χ0n) is 10.9. The zero-order chi connectivity index (χ0) is 12.7. The van der Waals surface area contributed by atoms with Crippen molar-refractivity contribution in [1.29, 1.82) is 0 Å². The van der Waals surface area contributed by atoms with Crippen molar-refractivity contribution in [2.24, 2.45) is 0 Å². The number of anilines is 1. The second kappa shape index (κ2) is 7.09. The molecule has 0 bridgehead atoms. The predicted octanol–water partition coefficient (Wildman–Crippen LogP) is 2.56. The number of aromatic nitrogens is 2. The molecule has 17 heavy (non-hydrogen) atoms. The first-order valence-electron chi connectivity index (χ1n) is 6.50. The SMILES string of the molecule is CCCCCCCCc1c(N)nc(C)[nH]c1=O. The van der Waals surface area contributed by atoms with E-state index in [9.17, 15) is 4.79 Å². The summed E-state index contributed by atoms with van der Waals surface area (Å²) in [7, 11) is 0. The van der Waals surface area contributed by atoms with Gasteiger partial charge in [-0.1, -0.05) is 39.0 Å². The van der Waals surface area contributed by atoms with Crippen molar-refractivity contribution in [3.05, 3.63) is 21.7 Å². The van der Waals surface area contributed by atoms with Gasteiger partial charge in [0.2, 0.25) is 0 Å². The maximum absolute atomic E-state index is 11.7. The third-order valence-electron chi connectivity index (χ3n) is 2.95. The number of nitrogens with one attached hydrogen (secondary N) is 1. The van der Waals surface area contributed by atoms with E-state index in [1.165, 1.54) is 25.7 Å². The number of aryl methyl sites for hydroxylation is 1. The Bertz CT molecular complexity index is 398. The molecule has 0 radical (unpaired) electrons. The average molecular weight is 237 g/mol. The highest BCUT2D eigenvalue weighted by Crippen LogP contribution is 2.10. The van der Waals surface area contributed by atoms with Gasteiger partial charge in [-0.2, -0.15) is 0 Å². The van der Waals surface area contributed by atoms with Crippen LogP contribution >= 0.6 is 0 Å². The van der Waals surface area contributed by atoms with Crippen molar-refractivity contribution in [3.63, 3.8) is 0 Å². The Balaban J connectivity index is 2.39. The fourth-order valence-electron chi connectivity index (χ4n) is 1.96. The van der Waals surface area contributed by atoms with Gasteiger partial charge in [-0.15, -0.1) is 0 Å². The monoisotopic (exact) mass is 237 g/mol. The van der Waals surface area contributed by atoms with Crippen molar-refractivity contribution < 1.29 is 0 Å². The molecular formula is C13H23N3O. The summed E-state index contributed by atoms with van der Waals surface area (Å²) in [4.78, 5) is 18.4. The lowest BCUT2D eigenvalue weighted by Gasteiger charge is -2.04. The summed E-state index contributed by atoms with van der Waals surface area (Å²) >= 11 is 0. The Morgan fingerprint density at radius 1 is 1.18 bits per heavy atom. The molecule has 0 saturated heterocycles. The van der Waals surface area contributed by atoms with Crippen LogP contribution in [0.1, 0.15) is 56.8 Å². The van der Waals surface area contributed by atoms with E-state index in [2.05, 4.69) is 16.9 Å². The third-order valence-corrected chi connectivity index (χ3v) is 2.95. The molecule has 0 aromatic carbocycles. The molecule has 0 aliphatic heterocycles. The van der Waals surface area contributed by atoms with Gasteiger partial charge in [0, 0.05) is 0 Å². The normalized spacial score (nSPS) is 10.7. The molecule has 4 nitrogen and oxygen atoms in total. The van der Waals surface area contributed by atoms with Crippen molar-refractivity contribution in [1.82, 2.24) is 9.97 Å². The van der Waals surface area contributed by atoms with Crippen LogP contribution in [0.15, 0.2) is 4.79 Å². The van der Waals surface area contributed by atoms with Gasteiger partial charge in [-0.05, 0) is 19.8 Å². The number of hydrogen-bond donors (Lipinski definition) is 2. The highest BCUT2D eigenvalue weighted by atomic mass is 16.1. The molecule has 1 heterocycles. The van der Waals surface area contributed by atoms with Crippen LogP contribution in [-0.2, 0) is 6.42 Å². The molecule has 0 spiro atoms. The number of hydrogen-bond acceptors (Lipinski definition) is 3. The average Bonchev–Trinajstić information content (AvgIpc) is 2.26. The Hall–Kier alpha value is -1.32. The number of nitrogens with zero attached hydrogens (tertiary/aromatic N) is 1. The van der Waals surface area contributed by atoms with Gasteiger partial charge in [0.1, 0.15) is 11.6 Å². The summed E-state index contributed by atoms with van der Waals surface area (Å²) in [5.74, 6) is 0.971. The van der Waals surface area contributed by atoms with Gasteiger partial charge in [0.25, 0.3) is 5.56 Å². The lowest BCUT2D eigenvalue weighted by atomic mass is 10.1. The molecule has 0 aliphatic carbocycles. The third kappa shape index (κ3) is 4.59. The molecule has 4 heteroatoms. The molecule has 0 unspecified atom stereocenters. The number of nitrogen functional groups attached to an aromatic ring is 1. The van der Waals surface area contributed by atoms with E-state index in [0.29, 0.717) is 17.2 Å². The number of aromatic amines is 1. The molecule has 0 amide bonds. The van der Waals surface area contributed by atoms with E-state index < -0.39 is 0 Å². The quantitative estimate of drug-likeness (QED) is 0.716. The van der Waals surface area contributed by atoms with Gasteiger partial charge in [-0.3, -0.25) is 4.79 Å². The van der Waals surface area contributed by atoms with Crippen molar-refractivity contribution in [2.75, 3.05) is 5.73 Å². The molecule has 3 N–H and O–H groups in total. The molecule has 1 aromatic heterocycles. The molecular weight excluding hydrogens is 214 g/mol. The Labute approximate surface area is 103 Å². The van der Waals surface area contributed by atoms with E-state index in [1.54, 1.807) is 6.92 Å². The minimum Gasteiger partial charge on any atom is -0.383 e. The van der Waals surface area contributed by atoms with Crippen LogP contribution in [0.25, 0.3) is 0 Å². The van der Waals surface area contributed by atoms with Gasteiger partial charge in [0.05, 0.1) is 5.56 Å². The van der Waals surface area contributed by atoms with Gasteiger partial charge in [-0.25, -0.2) is 4.98 Å². The Kier molecular flexibility index (Phi) is 5.73. The lowest BCUT2D eigenvalue weighted by Crippen LogP contribution is -2.18. The van der Waals surface area contributed by atoms with E-state index in [0.717, 1.165) is 19.3 Å². The van der Waals surface area contributed by atoms with Crippen LogP contribution in [0.2, 0.25) is 0 Å². The van der Waals surface area contributed by atoms with Crippen LogP contribution in [-0.4, -0.2) is 9.97 Å². The maximum atomic E-state index is 11.7. The fourth-order valence-corrected chi connectivity index (χ4v) is 1.96. The summed E-state index contributed by atoms with van der Waals surface area (Å²) in [6.07, 6.45) is 8.00. The minimum absolute atomic E-state index is 0.0800. The fraction of sp³-hybridized carbons (Fsp3) is 0.692.